The van der Waals surface area contributed by atoms with Crippen molar-refractivity contribution in [1.82, 2.24) is 0 Å². The van der Waals surface area contributed by atoms with Crippen LogP contribution in [0.3, 0.4) is 0 Å². The molecule has 0 saturated carbocycles. The molecule has 0 aliphatic carbocycles. The van der Waals surface area contributed by atoms with Crippen LogP contribution in [0.1, 0.15) is 51.2 Å². The fraction of sp³-hybridized carbons (Fsp3) is 0.571. The van der Waals surface area contributed by atoms with E-state index in [1.54, 1.807) is 0 Å². The van der Waals surface area contributed by atoms with Crippen LogP contribution >= 0.6 is 0 Å². The highest BCUT2D eigenvalue weighted by Gasteiger charge is 2.07. The first-order chi connectivity index (χ1) is 7.24. The number of aliphatic hydroxyl groups excluding tert-OH is 1. The molecule has 0 radical (unpaired) electrons. The van der Waals surface area contributed by atoms with Gasteiger partial charge in [0, 0.05) is 0 Å². The lowest BCUT2D eigenvalue weighted by molar-refractivity contribution is 0.161. The van der Waals surface area contributed by atoms with Gasteiger partial charge in [-0.05, 0) is 17.9 Å². The van der Waals surface area contributed by atoms with Crippen molar-refractivity contribution in [3.05, 3.63) is 35.9 Å². The number of aliphatic hydroxyl groups is 1. The molecule has 1 nitrogen and oxygen atoms in total. The Morgan fingerprint density at radius 3 is 2.40 bits per heavy atom. The van der Waals surface area contributed by atoms with E-state index in [-0.39, 0.29) is 6.10 Å². The molecule has 2 atom stereocenters. The minimum atomic E-state index is -0.282. The van der Waals surface area contributed by atoms with E-state index >= 15 is 0 Å². The van der Waals surface area contributed by atoms with Crippen molar-refractivity contribution in [2.75, 3.05) is 0 Å². The summed E-state index contributed by atoms with van der Waals surface area (Å²) in [4.78, 5) is 0. The van der Waals surface area contributed by atoms with E-state index in [0.29, 0.717) is 0 Å². The van der Waals surface area contributed by atoms with Crippen molar-refractivity contribution in [3.63, 3.8) is 0 Å². The van der Waals surface area contributed by atoms with E-state index in [2.05, 4.69) is 13.8 Å². The zero-order valence-corrected chi connectivity index (χ0v) is 9.82. The second-order valence-electron chi connectivity index (χ2n) is 4.37. The maximum absolute atomic E-state index is 9.91. The fourth-order valence-corrected chi connectivity index (χ4v) is 1.71. The van der Waals surface area contributed by atoms with E-state index in [1.807, 2.05) is 30.3 Å². The molecule has 0 aliphatic rings. The predicted molar refractivity (Wildman–Crippen MR) is 64.7 cm³/mol. The quantitative estimate of drug-likeness (QED) is 0.747. The lowest BCUT2D eigenvalue weighted by Gasteiger charge is -2.12. The predicted octanol–water partition coefficient (Wildman–Crippen LogP) is 3.94. The summed E-state index contributed by atoms with van der Waals surface area (Å²) in [7, 11) is 0. The summed E-state index contributed by atoms with van der Waals surface area (Å²) in [6, 6.07) is 9.93. The first kappa shape index (κ1) is 12.3. The van der Waals surface area contributed by atoms with Crippen LogP contribution in [-0.4, -0.2) is 5.11 Å². The van der Waals surface area contributed by atoms with Gasteiger partial charge in [-0.3, -0.25) is 0 Å². The van der Waals surface area contributed by atoms with Gasteiger partial charge in [0.1, 0.15) is 0 Å². The SMILES string of the molecule is CCC(C)CCCC(O)c1ccccc1. The summed E-state index contributed by atoms with van der Waals surface area (Å²) in [5.74, 6) is 0.785. The summed E-state index contributed by atoms with van der Waals surface area (Å²) in [6.07, 6.45) is 4.18. The molecule has 0 aliphatic heterocycles. The molecular formula is C14H22O. The van der Waals surface area contributed by atoms with Crippen LogP contribution < -0.4 is 0 Å². The van der Waals surface area contributed by atoms with Crippen LogP contribution in [0.25, 0.3) is 0 Å². The summed E-state index contributed by atoms with van der Waals surface area (Å²) in [5, 5.41) is 9.91. The van der Waals surface area contributed by atoms with Crippen molar-refractivity contribution in [2.24, 2.45) is 5.92 Å². The number of hydrogen-bond acceptors (Lipinski definition) is 1. The van der Waals surface area contributed by atoms with Crippen molar-refractivity contribution >= 4 is 0 Å². The molecule has 1 rings (SSSR count). The molecule has 0 spiro atoms. The standard InChI is InChI=1S/C14H22O/c1-3-12(2)8-7-11-14(15)13-9-5-4-6-10-13/h4-6,9-10,12,14-15H,3,7-8,11H2,1-2H3. The molecule has 0 fully saturated rings. The molecule has 2 unspecified atom stereocenters. The summed E-state index contributed by atoms with van der Waals surface area (Å²) in [6.45, 7) is 4.49. The summed E-state index contributed by atoms with van der Waals surface area (Å²) < 4.78 is 0. The van der Waals surface area contributed by atoms with Crippen LogP contribution in [-0.2, 0) is 0 Å². The summed E-state index contributed by atoms with van der Waals surface area (Å²) >= 11 is 0. The Kier molecular flexibility index (Phi) is 5.41. The average molecular weight is 206 g/mol. The third-order valence-corrected chi connectivity index (χ3v) is 3.06. The van der Waals surface area contributed by atoms with E-state index in [9.17, 15) is 5.11 Å². The van der Waals surface area contributed by atoms with E-state index in [0.717, 1.165) is 24.3 Å². The van der Waals surface area contributed by atoms with E-state index < -0.39 is 0 Å². The lowest BCUT2D eigenvalue weighted by atomic mass is 9.98. The maximum atomic E-state index is 9.91. The second-order valence-corrected chi connectivity index (χ2v) is 4.37. The molecular weight excluding hydrogens is 184 g/mol. The highest BCUT2D eigenvalue weighted by atomic mass is 16.3. The van der Waals surface area contributed by atoms with Crippen LogP contribution in [0.4, 0.5) is 0 Å². The smallest absolute Gasteiger partial charge is 0.0790 e. The Balaban J connectivity index is 2.28. The van der Waals surface area contributed by atoms with Crippen molar-refractivity contribution in [1.29, 1.82) is 0 Å². The van der Waals surface area contributed by atoms with Gasteiger partial charge >= 0.3 is 0 Å². The highest BCUT2D eigenvalue weighted by molar-refractivity contribution is 5.16. The molecule has 0 heterocycles. The van der Waals surface area contributed by atoms with Gasteiger partial charge in [0.05, 0.1) is 6.10 Å². The molecule has 1 aromatic rings. The Labute approximate surface area is 93.1 Å². The Bertz CT molecular complexity index is 255. The Morgan fingerprint density at radius 2 is 1.80 bits per heavy atom. The van der Waals surface area contributed by atoms with Crippen LogP contribution in [0.5, 0.6) is 0 Å². The molecule has 0 bridgehead atoms. The molecule has 84 valence electrons. The lowest BCUT2D eigenvalue weighted by Crippen LogP contribution is -1.99. The van der Waals surface area contributed by atoms with Gasteiger partial charge < -0.3 is 5.11 Å². The number of hydrogen-bond donors (Lipinski definition) is 1. The van der Waals surface area contributed by atoms with Crippen molar-refractivity contribution in [2.45, 2.75) is 45.6 Å². The number of benzene rings is 1. The minimum Gasteiger partial charge on any atom is -0.388 e. The van der Waals surface area contributed by atoms with Gasteiger partial charge in [-0.15, -0.1) is 0 Å². The average Bonchev–Trinajstić information content (AvgIpc) is 2.29. The summed E-state index contributed by atoms with van der Waals surface area (Å²) in [5.41, 5.74) is 1.04. The monoisotopic (exact) mass is 206 g/mol. The molecule has 1 aromatic carbocycles. The van der Waals surface area contributed by atoms with Gasteiger partial charge in [-0.1, -0.05) is 63.4 Å². The van der Waals surface area contributed by atoms with E-state index in [4.69, 9.17) is 0 Å². The topological polar surface area (TPSA) is 20.2 Å². The van der Waals surface area contributed by atoms with Crippen molar-refractivity contribution in [3.8, 4) is 0 Å². The zero-order valence-electron chi connectivity index (χ0n) is 9.82. The minimum absolute atomic E-state index is 0.282. The first-order valence-corrected chi connectivity index (χ1v) is 5.97. The van der Waals surface area contributed by atoms with Gasteiger partial charge in [0.2, 0.25) is 0 Å². The van der Waals surface area contributed by atoms with Crippen molar-refractivity contribution < 1.29 is 5.11 Å². The van der Waals surface area contributed by atoms with Crippen LogP contribution in [0.2, 0.25) is 0 Å². The molecule has 0 amide bonds. The van der Waals surface area contributed by atoms with E-state index in [1.165, 1.54) is 12.8 Å². The van der Waals surface area contributed by atoms with Crippen LogP contribution in [0, 0.1) is 5.92 Å². The maximum Gasteiger partial charge on any atom is 0.0790 e. The van der Waals surface area contributed by atoms with Gasteiger partial charge in [-0.25, -0.2) is 0 Å². The highest BCUT2D eigenvalue weighted by Crippen LogP contribution is 2.20. The Morgan fingerprint density at radius 1 is 1.13 bits per heavy atom. The van der Waals surface area contributed by atoms with Gasteiger partial charge in [-0.2, -0.15) is 0 Å². The largest absolute Gasteiger partial charge is 0.388 e. The normalized spacial score (nSPS) is 14.9. The molecule has 0 aromatic heterocycles. The fourth-order valence-electron chi connectivity index (χ4n) is 1.71. The van der Waals surface area contributed by atoms with Gasteiger partial charge in [0.15, 0.2) is 0 Å². The molecule has 15 heavy (non-hydrogen) atoms. The number of rotatable bonds is 6. The van der Waals surface area contributed by atoms with Crippen LogP contribution in [0.15, 0.2) is 30.3 Å². The molecule has 1 N–H and O–H groups in total. The zero-order chi connectivity index (χ0) is 11.1. The Hall–Kier alpha value is -0.820. The third kappa shape index (κ3) is 4.48. The third-order valence-electron chi connectivity index (χ3n) is 3.06. The second kappa shape index (κ2) is 6.62. The molecule has 0 saturated heterocycles. The molecule has 1 heteroatoms. The van der Waals surface area contributed by atoms with Gasteiger partial charge in [0.25, 0.3) is 0 Å². The first-order valence-electron chi connectivity index (χ1n) is 5.97.